The molecule has 0 aromatic heterocycles. The van der Waals surface area contributed by atoms with Crippen molar-refractivity contribution in [3.8, 4) is 0 Å². The van der Waals surface area contributed by atoms with Crippen LogP contribution >= 0.6 is 0 Å². The van der Waals surface area contributed by atoms with Crippen LogP contribution < -0.4 is 5.73 Å². The zero-order valence-electron chi connectivity index (χ0n) is 6.97. The van der Waals surface area contributed by atoms with E-state index in [4.69, 9.17) is 5.73 Å². The van der Waals surface area contributed by atoms with E-state index in [0.29, 0.717) is 0 Å². The number of rotatable bonds is 6. The molecule has 0 saturated carbocycles. The Bertz CT molecular complexity index is 74.8. The summed E-state index contributed by atoms with van der Waals surface area (Å²) in [5.74, 6) is 0.736. The summed E-state index contributed by atoms with van der Waals surface area (Å²) < 4.78 is 0. The maximum absolute atomic E-state index is 5.54. The first-order valence-electron chi connectivity index (χ1n) is 4.16. The minimum absolute atomic E-state index is 0.736. The maximum atomic E-state index is 5.54. The van der Waals surface area contributed by atoms with Gasteiger partial charge in [-0.1, -0.05) is 19.4 Å². The summed E-state index contributed by atoms with van der Waals surface area (Å²) in [5.41, 5.74) is 5.54. The molecular weight excluding hydrogens is 122 g/mol. The Morgan fingerprint density at radius 3 is 2.70 bits per heavy atom. The van der Waals surface area contributed by atoms with Crippen molar-refractivity contribution in [2.75, 3.05) is 6.54 Å². The Kier molecular flexibility index (Phi) is 6.61. The monoisotopic (exact) mass is 141 g/mol. The smallest absolute Gasteiger partial charge is 0.00490 e. The molecule has 0 aliphatic heterocycles. The molecule has 0 aliphatic carbocycles. The molecule has 1 heteroatoms. The van der Waals surface area contributed by atoms with Gasteiger partial charge in [0, 0.05) is 0 Å². The lowest BCUT2D eigenvalue weighted by molar-refractivity contribution is 0.467. The number of allylic oxidation sites excluding steroid dienone is 1. The van der Waals surface area contributed by atoms with E-state index in [9.17, 15) is 0 Å². The Hall–Kier alpha value is -0.300. The van der Waals surface area contributed by atoms with Crippen LogP contribution in [0.2, 0.25) is 0 Å². The van der Waals surface area contributed by atoms with Crippen LogP contribution in [-0.2, 0) is 0 Å². The van der Waals surface area contributed by atoms with E-state index in [1.807, 2.05) is 6.08 Å². The van der Waals surface area contributed by atoms with E-state index in [1.54, 1.807) is 0 Å². The Morgan fingerprint density at radius 1 is 1.60 bits per heavy atom. The summed E-state index contributed by atoms with van der Waals surface area (Å²) in [6.45, 7) is 6.72. The molecule has 0 saturated heterocycles. The fourth-order valence-electron chi connectivity index (χ4n) is 1.04. The van der Waals surface area contributed by atoms with Crippen molar-refractivity contribution >= 4 is 0 Å². The molecule has 0 bridgehead atoms. The molecule has 2 N–H and O–H groups in total. The molecule has 0 fully saturated rings. The Balaban J connectivity index is 3.16. The standard InChI is InChI=1S/C9H19N/c1-3-5-6-7-9(4-2)8-10/h3,9H,1,4-8,10H2,2H3. The minimum atomic E-state index is 0.736. The predicted octanol–water partition coefficient (Wildman–Crippen LogP) is 2.33. The number of unbranched alkanes of at least 4 members (excludes halogenated alkanes) is 1. The minimum Gasteiger partial charge on any atom is -0.330 e. The fourth-order valence-corrected chi connectivity index (χ4v) is 1.04. The van der Waals surface area contributed by atoms with Gasteiger partial charge in [-0.05, 0) is 31.7 Å². The zero-order chi connectivity index (χ0) is 7.82. The van der Waals surface area contributed by atoms with E-state index < -0.39 is 0 Å². The second-order valence-corrected chi connectivity index (χ2v) is 2.73. The van der Waals surface area contributed by atoms with Gasteiger partial charge >= 0.3 is 0 Å². The van der Waals surface area contributed by atoms with Crippen LogP contribution in [0.4, 0.5) is 0 Å². The highest BCUT2D eigenvalue weighted by molar-refractivity contribution is 4.67. The largest absolute Gasteiger partial charge is 0.330 e. The quantitative estimate of drug-likeness (QED) is 0.446. The fraction of sp³-hybridized carbons (Fsp3) is 0.778. The highest BCUT2D eigenvalue weighted by Crippen LogP contribution is 2.10. The van der Waals surface area contributed by atoms with Crippen molar-refractivity contribution in [2.24, 2.45) is 11.7 Å². The normalized spacial score (nSPS) is 13.0. The van der Waals surface area contributed by atoms with E-state index in [1.165, 1.54) is 19.3 Å². The number of hydrogen-bond donors (Lipinski definition) is 1. The van der Waals surface area contributed by atoms with E-state index in [2.05, 4.69) is 13.5 Å². The van der Waals surface area contributed by atoms with Crippen molar-refractivity contribution in [3.63, 3.8) is 0 Å². The van der Waals surface area contributed by atoms with Gasteiger partial charge in [-0.15, -0.1) is 6.58 Å². The highest BCUT2D eigenvalue weighted by Gasteiger charge is 2.00. The molecule has 1 atom stereocenters. The average molecular weight is 141 g/mol. The lowest BCUT2D eigenvalue weighted by atomic mass is 10.00. The molecule has 0 aromatic rings. The van der Waals surface area contributed by atoms with Gasteiger partial charge in [0.05, 0.1) is 0 Å². The van der Waals surface area contributed by atoms with Crippen molar-refractivity contribution in [3.05, 3.63) is 12.7 Å². The van der Waals surface area contributed by atoms with Gasteiger partial charge in [-0.2, -0.15) is 0 Å². The first-order valence-corrected chi connectivity index (χ1v) is 4.16. The van der Waals surface area contributed by atoms with E-state index in [-0.39, 0.29) is 0 Å². The molecule has 0 amide bonds. The summed E-state index contributed by atoms with van der Waals surface area (Å²) in [6.07, 6.45) is 6.84. The van der Waals surface area contributed by atoms with Crippen LogP contribution in [0.25, 0.3) is 0 Å². The number of nitrogens with two attached hydrogens (primary N) is 1. The molecule has 0 spiro atoms. The van der Waals surface area contributed by atoms with Crippen LogP contribution in [0.3, 0.4) is 0 Å². The second-order valence-electron chi connectivity index (χ2n) is 2.73. The third-order valence-electron chi connectivity index (χ3n) is 1.93. The molecule has 0 heterocycles. The molecule has 0 radical (unpaired) electrons. The van der Waals surface area contributed by atoms with Crippen molar-refractivity contribution in [2.45, 2.75) is 32.6 Å². The SMILES string of the molecule is C=CCCCC(CC)CN. The molecule has 0 aliphatic rings. The van der Waals surface area contributed by atoms with E-state index in [0.717, 1.165) is 18.9 Å². The Morgan fingerprint density at radius 2 is 2.30 bits per heavy atom. The summed E-state index contributed by atoms with van der Waals surface area (Å²) in [7, 11) is 0. The molecular formula is C9H19N. The van der Waals surface area contributed by atoms with Gasteiger partial charge in [0.2, 0.25) is 0 Å². The summed E-state index contributed by atoms with van der Waals surface area (Å²) in [4.78, 5) is 0. The lowest BCUT2D eigenvalue weighted by Gasteiger charge is -2.09. The van der Waals surface area contributed by atoms with Crippen molar-refractivity contribution < 1.29 is 0 Å². The van der Waals surface area contributed by atoms with Crippen LogP contribution in [0.1, 0.15) is 32.6 Å². The van der Waals surface area contributed by atoms with Crippen molar-refractivity contribution in [1.29, 1.82) is 0 Å². The van der Waals surface area contributed by atoms with Gasteiger partial charge in [0.1, 0.15) is 0 Å². The van der Waals surface area contributed by atoms with Crippen LogP contribution in [-0.4, -0.2) is 6.54 Å². The average Bonchev–Trinajstić information content (AvgIpc) is 1.99. The summed E-state index contributed by atoms with van der Waals surface area (Å²) in [6, 6.07) is 0. The lowest BCUT2D eigenvalue weighted by Crippen LogP contribution is -2.12. The molecule has 0 rings (SSSR count). The summed E-state index contributed by atoms with van der Waals surface area (Å²) in [5, 5.41) is 0. The van der Waals surface area contributed by atoms with Gasteiger partial charge in [-0.3, -0.25) is 0 Å². The van der Waals surface area contributed by atoms with Crippen LogP contribution in [0, 0.1) is 5.92 Å². The molecule has 1 nitrogen and oxygen atoms in total. The first kappa shape index (κ1) is 9.70. The maximum Gasteiger partial charge on any atom is -0.00490 e. The highest BCUT2D eigenvalue weighted by atomic mass is 14.5. The van der Waals surface area contributed by atoms with Gasteiger partial charge in [-0.25, -0.2) is 0 Å². The third kappa shape index (κ3) is 4.57. The van der Waals surface area contributed by atoms with E-state index >= 15 is 0 Å². The molecule has 60 valence electrons. The molecule has 10 heavy (non-hydrogen) atoms. The molecule has 0 aromatic carbocycles. The topological polar surface area (TPSA) is 26.0 Å². The Labute approximate surface area is 64.3 Å². The van der Waals surface area contributed by atoms with Gasteiger partial charge in [0.25, 0.3) is 0 Å². The number of hydrogen-bond acceptors (Lipinski definition) is 1. The van der Waals surface area contributed by atoms with Crippen LogP contribution in [0.5, 0.6) is 0 Å². The second kappa shape index (κ2) is 6.81. The summed E-state index contributed by atoms with van der Waals surface area (Å²) >= 11 is 0. The van der Waals surface area contributed by atoms with Crippen molar-refractivity contribution in [1.82, 2.24) is 0 Å². The predicted molar refractivity (Wildman–Crippen MR) is 46.9 cm³/mol. The third-order valence-corrected chi connectivity index (χ3v) is 1.93. The zero-order valence-corrected chi connectivity index (χ0v) is 6.97. The van der Waals surface area contributed by atoms with Gasteiger partial charge in [0.15, 0.2) is 0 Å². The van der Waals surface area contributed by atoms with Crippen LogP contribution in [0.15, 0.2) is 12.7 Å². The van der Waals surface area contributed by atoms with Gasteiger partial charge < -0.3 is 5.73 Å². The molecule has 1 unspecified atom stereocenters. The first-order chi connectivity index (χ1) is 4.85.